The molecule has 7 nitrogen and oxygen atoms in total. The van der Waals surface area contributed by atoms with Gasteiger partial charge >= 0.3 is 0 Å². The number of nitrogens with two attached hydrogens (primary N) is 2. The van der Waals surface area contributed by atoms with E-state index in [2.05, 4.69) is 4.84 Å². The van der Waals surface area contributed by atoms with E-state index in [1.165, 1.54) is 0 Å². The van der Waals surface area contributed by atoms with Gasteiger partial charge in [-0.15, -0.1) is 0 Å². The molecule has 0 aliphatic heterocycles. The van der Waals surface area contributed by atoms with E-state index in [0.29, 0.717) is 19.4 Å². The SMILES string of the molecule is CO.CO.NCCC(O)C(O)CCON. The van der Waals surface area contributed by atoms with E-state index in [0.717, 1.165) is 14.2 Å². The molecule has 96 valence electrons. The fourth-order valence-corrected chi connectivity index (χ4v) is 0.744. The van der Waals surface area contributed by atoms with Gasteiger partial charge < -0.3 is 31.0 Å². The Morgan fingerprint density at radius 1 is 1.00 bits per heavy atom. The molecule has 0 bridgehead atoms. The quantitative estimate of drug-likeness (QED) is 0.277. The van der Waals surface area contributed by atoms with Crippen molar-refractivity contribution in [2.24, 2.45) is 11.6 Å². The van der Waals surface area contributed by atoms with Crippen LogP contribution in [-0.4, -0.2) is 60.0 Å². The molecule has 0 rings (SSSR count). The summed E-state index contributed by atoms with van der Waals surface area (Å²) in [5.41, 5.74) is 5.17. The van der Waals surface area contributed by atoms with E-state index < -0.39 is 12.2 Å². The van der Waals surface area contributed by atoms with E-state index >= 15 is 0 Å². The minimum Gasteiger partial charge on any atom is -0.400 e. The van der Waals surface area contributed by atoms with Crippen molar-refractivity contribution in [1.82, 2.24) is 0 Å². The average Bonchev–Trinajstić information content (AvgIpc) is 2.31. The molecule has 0 spiro atoms. The van der Waals surface area contributed by atoms with Gasteiger partial charge in [0.1, 0.15) is 0 Å². The van der Waals surface area contributed by atoms with Gasteiger partial charge in [-0.2, -0.15) is 0 Å². The third-order valence-corrected chi connectivity index (χ3v) is 1.44. The van der Waals surface area contributed by atoms with Gasteiger partial charge in [0, 0.05) is 20.6 Å². The van der Waals surface area contributed by atoms with Gasteiger partial charge in [0.15, 0.2) is 0 Å². The van der Waals surface area contributed by atoms with Gasteiger partial charge in [-0.1, -0.05) is 0 Å². The van der Waals surface area contributed by atoms with E-state index in [4.69, 9.17) is 32.1 Å². The van der Waals surface area contributed by atoms with Crippen molar-refractivity contribution in [1.29, 1.82) is 0 Å². The number of hydrogen-bond acceptors (Lipinski definition) is 7. The lowest BCUT2D eigenvalue weighted by Crippen LogP contribution is -2.29. The molecule has 0 aromatic carbocycles. The maximum absolute atomic E-state index is 9.14. The number of rotatable bonds is 6. The molecule has 2 unspecified atom stereocenters. The molecule has 0 saturated carbocycles. The van der Waals surface area contributed by atoms with Crippen LogP contribution in [0.1, 0.15) is 12.8 Å². The topological polar surface area (TPSA) is 142 Å². The molecule has 0 aromatic rings. The highest BCUT2D eigenvalue weighted by Crippen LogP contribution is 2.01. The van der Waals surface area contributed by atoms with Gasteiger partial charge in [-0.25, -0.2) is 5.90 Å². The Bertz CT molecular complexity index is 97.1. The molecular weight excluding hydrogens is 204 g/mol. The average molecular weight is 228 g/mol. The second-order valence-electron chi connectivity index (χ2n) is 2.37. The number of hydrogen-bond donors (Lipinski definition) is 6. The predicted molar refractivity (Wildman–Crippen MR) is 56.7 cm³/mol. The molecular formula is C8H24N2O5. The first-order chi connectivity index (χ1) is 7.22. The van der Waals surface area contributed by atoms with Crippen LogP contribution in [0.15, 0.2) is 0 Å². The molecule has 2 atom stereocenters. The summed E-state index contributed by atoms with van der Waals surface area (Å²) in [6.45, 7) is 0.602. The first-order valence-corrected chi connectivity index (χ1v) is 4.49. The summed E-state index contributed by atoms with van der Waals surface area (Å²) < 4.78 is 0. The van der Waals surface area contributed by atoms with E-state index in [9.17, 15) is 0 Å². The summed E-state index contributed by atoms with van der Waals surface area (Å²) in [5.74, 6) is 4.73. The van der Waals surface area contributed by atoms with Crippen LogP contribution in [0.3, 0.4) is 0 Å². The Morgan fingerprint density at radius 2 is 1.40 bits per heavy atom. The van der Waals surface area contributed by atoms with Crippen LogP contribution in [0.2, 0.25) is 0 Å². The summed E-state index contributed by atoms with van der Waals surface area (Å²) in [5, 5.41) is 32.3. The van der Waals surface area contributed by atoms with Crippen molar-refractivity contribution in [3.05, 3.63) is 0 Å². The third kappa shape index (κ3) is 16.4. The molecule has 0 radical (unpaired) electrons. The second kappa shape index (κ2) is 19.3. The largest absolute Gasteiger partial charge is 0.400 e. The zero-order valence-electron chi connectivity index (χ0n) is 9.33. The lowest BCUT2D eigenvalue weighted by atomic mass is 10.1. The van der Waals surface area contributed by atoms with Crippen LogP contribution in [-0.2, 0) is 4.84 Å². The van der Waals surface area contributed by atoms with E-state index in [1.807, 2.05) is 0 Å². The van der Waals surface area contributed by atoms with Gasteiger partial charge in [0.25, 0.3) is 0 Å². The summed E-state index contributed by atoms with van der Waals surface area (Å²) in [6.07, 6.45) is -0.833. The first-order valence-electron chi connectivity index (χ1n) is 4.49. The molecule has 15 heavy (non-hydrogen) atoms. The highest BCUT2D eigenvalue weighted by atomic mass is 16.6. The Kier molecular flexibility index (Phi) is 26.0. The van der Waals surface area contributed by atoms with Crippen molar-refractivity contribution < 1.29 is 25.3 Å². The zero-order chi connectivity index (χ0) is 12.7. The summed E-state index contributed by atoms with van der Waals surface area (Å²) >= 11 is 0. The molecule has 0 saturated heterocycles. The summed E-state index contributed by atoms with van der Waals surface area (Å²) in [6, 6.07) is 0. The maximum Gasteiger partial charge on any atom is 0.0822 e. The highest BCUT2D eigenvalue weighted by molar-refractivity contribution is 4.66. The van der Waals surface area contributed by atoms with Gasteiger partial charge in [-0.05, 0) is 13.0 Å². The fourth-order valence-electron chi connectivity index (χ4n) is 0.744. The Labute approximate surface area is 90.2 Å². The van der Waals surface area contributed by atoms with Crippen LogP contribution in [0.4, 0.5) is 0 Å². The Balaban J connectivity index is -0.000000318. The molecule has 0 fully saturated rings. The van der Waals surface area contributed by atoms with Crippen molar-refractivity contribution in [2.45, 2.75) is 25.0 Å². The monoisotopic (exact) mass is 228 g/mol. The fraction of sp³-hybridized carbons (Fsp3) is 1.00. The molecule has 0 amide bonds. The highest BCUT2D eigenvalue weighted by Gasteiger charge is 2.14. The predicted octanol–water partition coefficient (Wildman–Crippen LogP) is -2.45. The molecule has 0 aliphatic rings. The Hall–Kier alpha value is -0.280. The molecule has 0 aliphatic carbocycles. The van der Waals surface area contributed by atoms with Crippen molar-refractivity contribution in [2.75, 3.05) is 27.4 Å². The van der Waals surface area contributed by atoms with Gasteiger partial charge in [-0.3, -0.25) is 0 Å². The minimum absolute atomic E-state index is 0.239. The van der Waals surface area contributed by atoms with E-state index in [1.54, 1.807) is 0 Å². The van der Waals surface area contributed by atoms with Gasteiger partial charge in [0.2, 0.25) is 0 Å². The minimum atomic E-state index is -0.790. The second-order valence-corrected chi connectivity index (χ2v) is 2.37. The van der Waals surface area contributed by atoms with Gasteiger partial charge in [0.05, 0.1) is 18.8 Å². The smallest absolute Gasteiger partial charge is 0.0822 e. The van der Waals surface area contributed by atoms with E-state index in [-0.39, 0.29) is 6.61 Å². The molecule has 0 heterocycles. The van der Waals surface area contributed by atoms with Crippen molar-refractivity contribution >= 4 is 0 Å². The van der Waals surface area contributed by atoms with Crippen LogP contribution in [0.25, 0.3) is 0 Å². The lowest BCUT2D eigenvalue weighted by Gasteiger charge is -2.15. The zero-order valence-corrected chi connectivity index (χ0v) is 9.33. The number of aliphatic hydroxyl groups excluding tert-OH is 4. The number of aliphatic hydroxyl groups is 4. The van der Waals surface area contributed by atoms with Crippen LogP contribution in [0, 0.1) is 0 Å². The summed E-state index contributed by atoms with van der Waals surface area (Å²) in [4.78, 5) is 4.24. The summed E-state index contributed by atoms with van der Waals surface area (Å²) in [7, 11) is 2.00. The lowest BCUT2D eigenvalue weighted by molar-refractivity contribution is -0.00720. The van der Waals surface area contributed by atoms with Crippen molar-refractivity contribution in [3.63, 3.8) is 0 Å². The van der Waals surface area contributed by atoms with Crippen molar-refractivity contribution in [3.8, 4) is 0 Å². The first kappa shape index (κ1) is 20.2. The Morgan fingerprint density at radius 3 is 1.73 bits per heavy atom. The third-order valence-electron chi connectivity index (χ3n) is 1.44. The maximum atomic E-state index is 9.14. The molecule has 7 heteroatoms. The van der Waals surface area contributed by atoms with Crippen LogP contribution in [0.5, 0.6) is 0 Å². The normalized spacial score (nSPS) is 12.8. The molecule has 8 N–H and O–H groups in total. The standard InChI is InChI=1S/C6H16N2O3.2CH4O/c7-3-1-5(9)6(10)2-4-11-8;2*1-2/h5-6,9-10H,1-4,7-8H2;2*2H,1H3. The van der Waals surface area contributed by atoms with Crippen LogP contribution >= 0.6 is 0 Å². The molecule has 0 aromatic heterocycles. The van der Waals surface area contributed by atoms with Crippen LogP contribution < -0.4 is 11.6 Å².